The number of rotatable bonds is 1. The Morgan fingerprint density at radius 3 is 2.19 bits per heavy atom. The zero-order valence-corrected chi connectivity index (χ0v) is 17.1. The van der Waals surface area contributed by atoms with Crippen LogP contribution in [-0.2, 0) is 0 Å². The Morgan fingerprint density at radius 1 is 0.516 bits per heavy atom. The van der Waals surface area contributed by atoms with E-state index in [9.17, 15) is 0 Å². The van der Waals surface area contributed by atoms with Gasteiger partial charge in [-0.3, -0.25) is 0 Å². The van der Waals surface area contributed by atoms with Crippen molar-refractivity contribution in [2.45, 2.75) is 0 Å². The van der Waals surface area contributed by atoms with Crippen molar-refractivity contribution in [3.8, 4) is 11.1 Å². The Bertz CT molecular complexity index is 1800. The van der Waals surface area contributed by atoms with Gasteiger partial charge in [0.1, 0.15) is 22.3 Å². The fourth-order valence-electron chi connectivity index (χ4n) is 4.74. The fourth-order valence-corrected chi connectivity index (χ4v) is 4.99. The van der Waals surface area contributed by atoms with Gasteiger partial charge in [0.25, 0.3) is 0 Å². The van der Waals surface area contributed by atoms with Crippen molar-refractivity contribution in [1.82, 2.24) is 0 Å². The van der Waals surface area contributed by atoms with E-state index in [4.69, 9.17) is 20.4 Å². The average molecular weight is 419 g/mol. The molecule has 7 rings (SSSR count). The van der Waals surface area contributed by atoms with E-state index >= 15 is 0 Å². The van der Waals surface area contributed by atoms with Gasteiger partial charge < -0.3 is 8.83 Å². The first-order valence-electron chi connectivity index (χ1n) is 10.2. The zero-order chi connectivity index (χ0) is 20.5. The molecule has 0 saturated carbocycles. The second kappa shape index (κ2) is 6.13. The standard InChI is InChI=1S/C28H15ClO2/c29-22-13-12-19(18-9-5-11-24-26(18)20-8-3-4-10-23(20)30-24)28-27(22)21-14-16-6-1-2-7-17(16)15-25(21)31-28/h1-15H. The van der Waals surface area contributed by atoms with Gasteiger partial charge in [0.2, 0.25) is 0 Å². The zero-order valence-electron chi connectivity index (χ0n) is 16.4. The summed E-state index contributed by atoms with van der Waals surface area (Å²) in [4.78, 5) is 0. The average Bonchev–Trinajstić information content (AvgIpc) is 3.36. The molecular formula is C28H15ClO2. The maximum absolute atomic E-state index is 6.70. The van der Waals surface area contributed by atoms with E-state index in [-0.39, 0.29) is 0 Å². The largest absolute Gasteiger partial charge is 0.456 e. The molecule has 0 N–H and O–H groups in total. The number of benzene rings is 5. The van der Waals surface area contributed by atoms with E-state index in [1.54, 1.807) is 0 Å². The predicted octanol–water partition coefficient (Wildman–Crippen LogP) is 8.96. The summed E-state index contributed by atoms with van der Waals surface area (Å²) in [6.07, 6.45) is 0. The lowest BCUT2D eigenvalue weighted by Gasteiger charge is -2.06. The molecule has 146 valence electrons. The summed E-state index contributed by atoms with van der Waals surface area (Å²) in [7, 11) is 0. The highest BCUT2D eigenvalue weighted by molar-refractivity contribution is 6.38. The maximum Gasteiger partial charge on any atom is 0.144 e. The minimum absolute atomic E-state index is 0.692. The molecule has 0 aliphatic rings. The molecule has 0 unspecified atom stereocenters. The molecule has 2 heterocycles. The molecule has 0 amide bonds. The first-order chi connectivity index (χ1) is 15.3. The molecule has 0 radical (unpaired) electrons. The van der Waals surface area contributed by atoms with Crippen LogP contribution in [0, 0.1) is 0 Å². The van der Waals surface area contributed by atoms with Crippen LogP contribution in [0.4, 0.5) is 0 Å². The lowest BCUT2D eigenvalue weighted by atomic mass is 9.97. The lowest BCUT2D eigenvalue weighted by Crippen LogP contribution is -1.81. The molecule has 0 atom stereocenters. The van der Waals surface area contributed by atoms with Gasteiger partial charge in [-0.1, -0.05) is 66.2 Å². The molecule has 0 spiro atoms. The van der Waals surface area contributed by atoms with E-state index in [1.807, 2.05) is 54.6 Å². The normalized spacial score (nSPS) is 12.0. The second-order valence-corrected chi connectivity index (χ2v) is 8.28. The van der Waals surface area contributed by atoms with Crippen LogP contribution >= 0.6 is 11.6 Å². The van der Waals surface area contributed by atoms with Crippen LogP contribution in [0.1, 0.15) is 0 Å². The highest BCUT2D eigenvalue weighted by Crippen LogP contribution is 2.44. The molecule has 3 heteroatoms. The van der Waals surface area contributed by atoms with Gasteiger partial charge in [0.05, 0.1) is 5.02 Å². The number of para-hydroxylation sites is 1. The minimum atomic E-state index is 0.692. The number of fused-ring (bicyclic) bond motifs is 7. The molecular weight excluding hydrogens is 404 g/mol. The third-order valence-electron chi connectivity index (χ3n) is 6.13. The van der Waals surface area contributed by atoms with Gasteiger partial charge in [-0.25, -0.2) is 0 Å². The Labute approximate surface area is 182 Å². The van der Waals surface area contributed by atoms with Crippen LogP contribution in [0.15, 0.2) is 99.8 Å². The van der Waals surface area contributed by atoms with E-state index in [0.29, 0.717) is 5.02 Å². The Kier molecular flexibility index (Phi) is 3.36. The van der Waals surface area contributed by atoms with Crippen molar-refractivity contribution in [1.29, 1.82) is 0 Å². The first kappa shape index (κ1) is 17.0. The van der Waals surface area contributed by atoms with Crippen molar-refractivity contribution < 1.29 is 8.83 Å². The van der Waals surface area contributed by atoms with Gasteiger partial charge in [-0.15, -0.1) is 0 Å². The summed E-state index contributed by atoms with van der Waals surface area (Å²) in [5, 5.41) is 7.17. The van der Waals surface area contributed by atoms with Crippen LogP contribution in [0.25, 0.3) is 65.8 Å². The molecule has 0 aliphatic heterocycles. The van der Waals surface area contributed by atoms with Crippen LogP contribution in [-0.4, -0.2) is 0 Å². The maximum atomic E-state index is 6.70. The summed E-state index contributed by atoms with van der Waals surface area (Å²) < 4.78 is 12.6. The molecule has 0 aliphatic carbocycles. The van der Waals surface area contributed by atoms with Crippen LogP contribution in [0.3, 0.4) is 0 Å². The molecule has 0 fully saturated rings. The van der Waals surface area contributed by atoms with Crippen molar-refractivity contribution in [3.63, 3.8) is 0 Å². The number of hydrogen-bond acceptors (Lipinski definition) is 2. The van der Waals surface area contributed by atoms with Crippen molar-refractivity contribution in [2.75, 3.05) is 0 Å². The Morgan fingerprint density at radius 2 is 1.29 bits per heavy atom. The van der Waals surface area contributed by atoms with Gasteiger partial charge in [0, 0.05) is 27.1 Å². The monoisotopic (exact) mass is 418 g/mol. The van der Waals surface area contributed by atoms with Crippen LogP contribution < -0.4 is 0 Å². The van der Waals surface area contributed by atoms with E-state index in [1.165, 1.54) is 5.39 Å². The number of hydrogen-bond donors (Lipinski definition) is 0. The Hall–Kier alpha value is -3.75. The van der Waals surface area contributed by atoms with Gasteiger partial charge in [-0.2, -0.15) is 0 Å². The van der Waals surface area contributed by atoms with Crippen molar-refractivity contribution >= 4 is 66.3 Å². The van der Waals surface area contributed by atoms with Gasteiger partial charge in [0.15, 0.2) is 0 Å². The van der Waals surface area contributed by atoms with Crippen molar-refractivity contribution in [2.24, 2.45) is 0 Å². The van der Waals surface area contributed by atoms with E-state index < -0.39 is 0 Å². The predicted molar refractivity (Wildman–Crippen MR) is 129 cm³/mol. The summed E-state index contributed by atoms with van der Waals surface area (Å²) in [5.41, 5.74) is 5.47. The molecule has 2 aromatic heterocycles. The van der Waals surface area contributed by atoms with Crippen LogP contribution in [0.2, 0.25) is 5.02 Å². The number of furan rings is 2. The molecule has 0 saturated heterocycles. The van der Waals surface area contributed by atoms with Gasteiger partial charge >= 0.3 is 0 Å². The number of halogens is 1. The van der Waals surface area contributed by atoms with Crippen LogP contribution in [0.5, 0.6) is 0 Å². The topological polar surface area (TPSA) is 26.3 Å². The van der Waals surface area contributed by atoms with E-state index in [2.05, 4.69) is 36.4 Å². The smallest absolute Gasteiger partial charge is 0.144 e. The third-order valence-corrected chi connectivity index (χ3v) is 6.44. The summed E-state index contributed by atoms with van der Waals surface area (Å²) in [6, 6.07) is 30.9. The highest BCUT2D eigenvalue weighted by Gasteiger charge is 2.19. The fraction of sp³-hybridized carbons (Fsp3) is 0. The highest BCUT2D eigenvalue weighted by atomic mass is 35.5. The molecule has 7 aromatic rings. The first-order valence-corrected chi connectivity index (χ1v) is 10.6. The third kappa shape index (κ3) is 2.34. The lowest BCUT2D eigenvalue weighted by molar-refractivity contribution is 0.669. The molecule has 2 nitrogen and oxygen atoms in total. The summed E-state index contributed by atoms with van der Waals surface area (Å²) in [5.74, 6) is 0. The Balaban J connectivity index is 1.64. The molecule has 31 heavy (non-hydrogen) atoms. The quantitative estimate of drug-likeness (QED) is 0.266. The van der Waals surface area contributed by atoms with Crippen molar-refractivity contribution in [3.05, 3.63) is 96.0 Å². The molecule has 5 aromatic carbocycles. The minimum Gasteiger partial charge on any atom is -0.456 e. The van der Waals surface area contributed by atoms with Gasteiger partial charge in [-0.05, 0) is 52.7 Å². The second-order valence-electron chi connectivity index (χ2n) is 7.87. The summed E-state index contributed by atoms with van der Waals surface area (Å²) in [6.45, 7) is 0. The SMILES string of the molecule is Clc1ccc(-c2cccc3oc4ccccc4c23)c2oc3cc4ccccc4cc3c12. The summed E-state index contributed by atoms with van der Waals surface area (Å²) >= 11 is 6.70. The molecule has 0 bridgehead atoms. The van der Waals surface area contributed by atoms with E-state index in [0.717, 1.165) is 60.4 Å².